The first kappa shape index (κ1) is 16.4. The summed E-state index contributed by atoms with van der Waals surface area (Å²) in [6.45, 7) is 1.71. The van der Waals surface area contributed by atoms with E-state index in [2.05, 4.69) is 52.5 Å². The van der Waals surface area contributed by atoms with Crippen LogP contribution in [-0.4, -0.2) is 28.3 Å². The third-order valence-corrected chi connectivity index (χ3v) is 4.17. The van der Waals surface area contributed by atoms with Gasteiger partial charge in [0.15, 0.2) is 22.4 Å². The Morgan fingerprint density at radius 1 is 1.22 bits per heavy atom. The van der Waals surface area contributed by atoms with E-state index in [1.165, 1.54) is 0 Å². The normalized spacial score (nSPS) is 12.6. The molecule has 6 nitrogen and oxygen atoms in total. The molecule has 0 bridgehead atoms. The molecular formula is C14H12Br2N4O2S. The second-order valence-corrected chi connectivity index (χ2v) is 6.59. The van der Waals surface area contributed by atoms with Gasteiger partial charge in [-0.15, -0.1) is 0 Å². The van der Waals surface area contributed by atoms with E-state index >= 15 is 0 Å². The Labute approximate surface area is 155 Å². The van der Waals surface area contributed by atoms with Crippen molar-refractivity contribution in [1.82, 2.24) is 15.3 Å². The van der Waals surface area contributed by atoms with Crippen LogP contribution < -0.4 is 20.1 Å². The summed E-state index contributed by atoms with van der Waals surface area (Å²) in [5, 5.41) is 6.57. The average Bonchev–Trinajstić information content (AvgIpc) is 2.55. The van der Waals surface area contributed by atoms with Crippen molar-refractivity contribution in [3.05, 3.63) is 39.2 Å². The zero-order valence-electron chi connectivity index (χ0n) is 11.8. The van der Waals surface area contributed by atoms with Crippen LogP contribution in [-0.2, 0) is 6.54 Å². The Bertz CT molecular complexity index is 745. The fraction of sp³-hybridized carbons (Fsp3) is 0.214. The van der Waals surface area contributed by atoms with Crippen molar-refractivity contribution >= 4 is 55.0 Å². The lowest BCUT2D eigenvalue weighted by Gasteiger charge is -2.19. The first-order chi connectivity index (χ1) is 11.1. The first-order valence-corrected chi connectivity index (χ1v) is 8.72. The average molecular weight is 460 g/mol. The number of aromatic nitrogens is 2. The number of hydrogen-bond donors (Lipinski definition) is 2. The second kappa shape index (κ2) is 7.41. The Hall–Kier alpha value is -1.45. The highest BCUT2D eigenvalue weighted by molar-refractivity contribution is 9.11. The summed E-state index contributed by atoms with van der Waals surface area (Å²) in [6, 6.07) is 5.82. The van der Waals surface area contributed by atoms with Gasteiger partial charge in [-0.1, -0.05) is 6.07 Å². The Morgan fingerprint density at radius 2 is 2.00 bits per heavy atom. The quantitative estimate of drug-likeness (QED) is 0.682. The van der Waals surface area contributed by atoms with Crippen LogP contribution in [0.15, 0.2) is 33.6 Å². The van der Waals surface area contributed by atoms with E-state index in [1.54, 1.807) is 6.20 Å². The van der Waals surface area contributed by atoms with E-state index in [9.17, 15) is 0 Å². The molecule has 2 heterocycles. The maximum Gasteiger partial charge on any atom is 0.172 e. The predicted octanol–water partition coefficient (Wildman–Crippen LogP) is 3.26. The molecule has 0 saturated carbocycles. The highest BCUT2D eigenvalue weighted by atomic mass is 79.9. The highest BCUT2D eigenvalue weighted by Gasteiger charge is 2.12. The molecule has 1 aromatic heterocycles. The number of thiocarbonyl (C=S) groups is 1. The van der Waals surface area contributed by atoms with Gasteiger partial charge in [0.25, 0.3) is 0 Å². The van der Waals surface area contributed by atoms with Gasteiger partial charge in [-0.3, -0.25) is 0 Å². The molecule has 0 radical (unpaired) electrons. The molecule has 2 N–H and O–H groups in total. The Balaban J connectivity index is 1.58. The monoisotopic (exact) mass is 458 g/mol. The molecule has 2 aromatic rings. The Kier molecular flexibility index (Phi) is 5.29. The molecule has 0 fully saturated rings. The van der Waals surface area contributed by atoms with Crippen LogP contribution in [0, 0.1) is 0 Å². The van der Waals surface area contributed by atoms with Crippen molar-refractivity contribution in [1.29, 1.82) is 0 Å². The number of halogens is 2. The lowest BCUT2D eigenvalue weighted by Crippen LogP contribution is -2.28. The lowest BCUT2D eigenvalue weighted by atomic mass is 10.2. The van der Waals surface area contributed by atoms with E-state index < -0.39 is 0 Å². The number of nitrogens with zero attached hydrogens (tertiary/aromatic N) is 2. The molecule has 0 atom stereocenters. The molecule has 120 valence electrons. The van der Waals surface area contributed by atoms with Crippen LogP contribution in [0.5, 0.6) is 11.5 Å². The smallest absolute Gasteiger partial charge is 0.172 e. The third kappa shape index (κ3) is 4.30. The summed E-state index contributed by atoms with van der Waals surface area (Å²) in [7, 11) is 0. The largest absolute Gasteiger partial charge is 0.486 e. The molecule has 0 spiro atoms. The van der Waals surface area contributed by atoms with Crippen LogP contribution in [0.3, 0.4) is 0 Å². The van der Waals surface area contributed by atoms with Gasteiger partial charge in [0.1, 0.15) is 22.4 Å². The van der Waals surface area contributed by atoms with Crippen LogP contribution >= 0.6 is 44.1 Å². The maximum absolute atomic E-state index is 5.56. The van der Waals surface area contributed by atoms with E-state index in [0.29, 0.717) is 39.9 Å². The molecule has 23 heavy (non-hydrogen) atoms. The van der Waals surface area contributed by atoms with Gasteiger partial charge in [-0.05, 0) is 61.8 Å². The van der Waals surface area contributed by atoms with Gasteiger partial charge in [-0.2, -0.15) is 0 Å². The van der Waals surface area contributed by atoms with Gasteiger partial charge < -0.3 is 20.1 Å². The summed E-state index contributed by atoms with van der Waals surface area (Å²) < 4.78 is 12.3. The minimum atomic E-state index is 0.456. The van der Waals surface area contributed by atoms with Crippen LogP contribution in [0.2, 0.25) is 0 Å². The van der Waals surface area contributed by atoms with Crippen molar-refractivity contribution < 1.29 is 9.47 Å². The summed E-state index contributed by atoms with van der Waals surface area (Å²) in [4.78, 5) is 8.38. The predicted molar refractivity (Wildman–Crippen MR) is 97.9 cm³/mol. The number of hydrogen-bond acceptors (Lipinski definition) is 5. The number of fused-ring (bicyclic) bond motifs is 1. The van der Waals surface area contributed by atoms with Gasteiger partial charge in [-0.25, -0.2) is 9.97 Å². The first-order valence-electron chi connectivity index (χ1n) is 6.73. The van der Waals surface area contributed by atoms with Gasteiger partial charge >= 0.3 is 0 Å². The van der Waals surface area contributed by atoms with Crippen LogP contribution in [0.25, 0.3) is 0 Å². The van der Waals surface area contributed by atoms with E-state index in [0.717, 1.165) is 17.1 Å². The molecule has 0 aliphatic carbocycles. The Morgan fingerprint density at radius 3 is 2.78 bits per heavy atom. The van der Waals surface area contributed by atoms with E-state index in [1.807, 2.05) is 18.2 Å². The molecule has 9 heteroatoms. The molecule has 0 unspecified atom stereocenters. The molecule has 0 saturated heterocycles. The second-order valence-electron chi connectivity index (χ2n) is 4.62. The highest BCUT2D eigenvalue weighted by Crippen LogP contribution is 2.30. The summed E-state index contributed by atoms with van der Waals surface area (Å²) in [5.74, 6) is 2.08. The van der Waals surface area contributed by atoms with Crippen LogP contribution in [0.1, 0.15) is 5.56 Å². The number of rotatable bonds is 3. The molecule has 1 aliphatic rings. The van der Waals surface area contributed by atoms with Gasteiger partial charge in [0.2, 0.25) is 0 Å². The number of benzene rings is 1. The van der Waals surface area contributed by atoms with Crippen molar-refractivity contribution in [2.24, 2.45) is 0 Å². The zero-order chi connectivity index (χ0) is 16.2. The standard InChI is InChI=1S/C14H12Br2N4O2S/c15-11-7-17-13(12(16)19-11)20-14(23)18-6-8-1-2-9-10(5-8)22-4-3-21-9/h1-2,5,7H,3-4,6H2,(H2,17,18,20,23). The summed E-state index contributed by atoms with van der Waals surface area (Å²) in [5.41, 5.74) is 1.04. The topological polar surface area (TPSA) is 68.3 Å². The summed E-state index contributed by atoms with van der Waals surface area (Å²) >= 11 is 11.9. The van der Waals surface area contributed by atoms with E-state index in [-0.39, 0.29) is 0 Å². The number of nitrogens with one attached hydrogen (secondary N) is 2. The van der Waals surface area contributed by atoms with Gasteiger partial charge in [0, 0.05) is 6.54 Å². The molecule has 1 aliphatic heterocycles. The molecule has 1 aromatic carbocycles. The van der Waals surface area contributed by atoms with Crippen molar-refractivity contribution in [2.45, 2.75) is 6.54 Å². The molecular weight excluding hydrogens is 448 g/mol. The lowest BCUT2D eigenvalue weighted by molar-refractivity contribution is 0.171. The minimum Gasteiger partial charge on any atom is -0.486 e. The van der Waals surface area contributed by atoms with Crippen molar-refractivity contribution in [3.8, 4) is 11.5 Å². The maximum atomic E-state index is 5.56. The molecule has 0 amide bonds. The fourth-order valence-electron chi connectivity index (χ4n) is 1.96. The van der Waals surface area contributed by atoms with Crippen LogP contribution in [0.4, 0.5) is 5.82 Å². The van der Waals surface area contributed by atoms with E-state index in [4.69, 9.17) is 21.7 Å². The number of ether oxygens (including phenoxy) is 2. The molecule has 3 rings (SSSR count). The van der Waals surface area contributed by atoms with Crippen molar-refractivity contribution in [3.63, 3.8) is 0 Å². The number of anilines is 1. The SMILES string of the molecule is S=C(NCc1ccc2c(c1)OCCO2)Nc1ncc(Br)nc1Br. The van der Waals surface area contributed by atoms with Gasteiger partial charge in [0.05, 0.1) is 6.20 Å². The minimum absolute atomic E-state index is 0.456. The zero-order valence-corrected chi connectivity index (χ0v) is 15.8. The van der Waals surface area contributed by atoms with Crippen molar-refractivity contribution in [2.75, 3.05) is 18.5 Å². The summed E-state index contributed by atoms with van der Waals surface area (Å²) in [6.07, 6.45) is 1.59. The third-order valence-electron chi connectivity index (χ3n) is 2.99. The fourth-order valence-corrected chi connectivity index (χ4v) is 3.04.